The Morgan fingerprint density at radius 2 is 2.18 bits per heavy atom. The van der Waals surface area contributed by atoms with Gasteiger partial charge in [-0.05, 0) is 30.5 Å². The maximum absolute atomic E-state index is 5.81. The number of benzene rings is 1. The van der Waals surface area contributed by atoms with Crippen LogP contribution in [0, 0.1) is 11.3 Å². The predicted octanol–water partition coefficient (Wildman–Crippen LogP) is 3.46. The van der Waals surface area contributed by atoms with Gasteiger partial charge in [-0.25, -0.2) is 0 Å². The van der Waals surface area contributed by atoms with Gasteiger partial charge >= 0.3 is 0 Å². The van der Waals surface area contributed by atoms with Crippen molar-refractivity contribution in [3.63, 3.8) is 0 Å². The Labute approximate surface area is 112 Å². The number of halogens is 1. The average molecular weight is 298 g/mol. The van der Waals surface area contributed by atoms with E-state index < -0.39 is 0 Å². The van der Waals surface area contributed by atoms with Gasteiger partial charge in [-0.3, -0.25) is 0 Å². The maximum atomic E-state index is 5.81. The minimum atomic E-state index is 0.450. The van der Waals surface area contributed by atoms with Crippen LogP contribution < -0.4 is 10.1 Å². The Balaban J connectivity index is 1.83. The molecule has 1 fully saturated rings. The third-order valence-corrected chi connectivity index (χ3v) is 4.34. The zero-order chi connectivity index (χ0) is 12.3. The van der Waals surface area contributed by atoms with Gasteiger partial charge in [-0.15, -0.1) is 0 Å². The van der Waals surface area contributed by atoms with Gasteiger partial charge in [-0.1, -0.05) is 35.8 Å². The van der Waals surface area contributed by atoms with Crippen molar-refractivity contribution in [2.24, 2.45) is 11.3 Å². The Morgan fingerprint density at radius 3 is 2.71 bits per heavy atom. The molecule has 0 aliphatic carbocycles. The molecule has 1 aliphatic heterocycles. The summed E-state index contributed by atoms with van der Waals surface area (Å²) in [5.74, 6) is 1.67. The van der Waals surface area contributed by atoms with Gasteiger partial charge in [0.15, 0.2) is 0 Å². The van der Waals surface area contributed by atoms with Gasteiger partial charge < -0.3 is 10.1 Å². The summed E-state index contributed by atoms with van der Waals surface area (Å²) in [7, 11) is 0. The second-order valence-corrected chi connectivity index (χ2v) is 6.09. The van der Waals surface area contributed by atoms with Crippen LogP contribution in [0.2, 0.25) is 0 Å². The molecule has 2 rings (SSSR count). The standard InChI is InChI=1S/C14H20BrNO/c1-11(2)14(9-16-10-14)6-7-17-13-5-3-4-12(15)8-13/h3-5,8,11,16H,6-7,9-10H2,1-2H3. The summed E-state index contributed by atoms with van der Waals surface area (Å²) in [6.07, 6.45) is 1.13. The van der Waals surface area contributed by atoms with Crippen LogP contribution in [0.15, 0.2) is 28.7 Å². The third kappa shape index (κ3) is 3.02. The van der Waals surface area contributed by atoms with Gasteiger partial charge in [0.05, 0.1) is 6.61 Å². The van der Waals surface area contributed by atoms with Crippen molar-refractivity contribution in [1.82, 2.24) is 5.32 Å². The first kappa shape index (κ1) is 12.9. The smallest absolute Gasteiger partial charge is 0.120 e. The van der Waals surface area contributed by atoms with E-state index in [4.69, 9.17) is 4.74 Å². The van der Waals surface area contributed by atoms with Crippen LogP contribution in [-0.2, 0) is 0 Å². The fourth-order valence-electron chi connectivity index (χ4n) is 2.25. The van der Waals surface area contributed by atoms with E-state index in [1.165, 1.54) is 0 Å². The molecule has 1 heterocycles. The van der Waals surface area contributed by atoms with Gasteiger partial charge in [-0.2, -0.15) is 0 Å². The normalized spacial score (nSPS) is 17.9. The van der Waals surface area contributed by atoms with E-state index in [0.29, 0.717) is 5.41 Å². The minimum Gasteiger partial charge on any atom is -0.494 e. The van der Waals surface area contributed by atoms with Crippen molar-refractivity contribution in [2.45, 2.75) is 20.3 Å². The van der Waals surface area contributed by atoms with Crippen LogP contribution in [0.5, 0.6) is 5.75 Å². The lowest BCUT2D eigenvalue weighted by molar-refractivity contribution is 0.0671. The predicted molar refractivity (Wildman–Crippen MR) is 74.4 cm³/mol. The summed E-state index contributed by atoms with van der Waals surface area (Å²) >= 11 is 3.45. The van der Waals surface area contributed by atoms with Gasteiger partial charge in [0, 0.05) is 23.0 Å². The summed E-state index contributed by atoms with van der Waals surface area (Å²) in [6.45, 7) is 7.68. The first-order chi connectivity index (χ1) is 8.12. The molecule has 17 heavy (non-hydrogen) atoms. The van der Waals surface area contributed by atoms with Gasteiger partial charge in [0.25, 0.3) is 0 Å². The molecule has 0 atom stereocenters. The highest BCUT2D eigenvalue weighted by Crippen LogP contribution is 2.35. The highest BCUT2D eigenvalue weighted by Gasteiger charge is 2.39. The molecule has 0 unspecified atom stereocenters. The van der Waals surface area contributed by atoms with Crippen molar-refractivity contribution < 1.29 is 4.74 Å². The first-order valence-electron chi connectivity index (χ1n) is 6.21. The maximum Gasteiger partial charge on any atom is 0.120 e. The topological polar surface area (TPSA) is 21.3 Å². The van der Waals surface area contributed by atoms with Gasteiger partial charge in [0.1, 0.15) is 5.75 Å². The molecule has 1 N–H and O–H groups in total. The summed E-state index contributed by atoms with van der Waals surface area (Å²) in [6, 6.07) is 8.04. The number of nitrogens with one attached hydrogen (secondary N) is 1. The second-order valence-electron chi connectivity index (χ2n) is 5.18. The van der Waals surface area contributed by atoms with Crippen molar-refractivity contribution in [3.05, 3.63) is 28.7 Å². The van der Waals surface area contributed by atoms with Crippen LogP contribution in [0.4, 0.5) is 0 Å². The molecular weight excluding hydrogens is 278 g/mol. The quantitative estimate of drug-likeness (QED) is 0.899. The van der Waals surface area contributed by atoms with Crippen molar-refractivity contribution >= 4 is 15.9 Å². The fraction of sp³-hybridized carbons (Fsp3) is 0.571. The molecule has 0 saturated carbocycles. The monoisotopic (exact) mass is 297 g/mol. The first-order valence-corrected chi connectivity index (χ1v) is 7.01. The summed E-state index contributed by atoms with van der Waals surface area (Å²) in [4.78, 5) is 0. The number of hydrogen-bond acceptors (Lipinski definition) is 2. The number of hydrogen-bond donors (Lipinski definition) is 1. The summed E-state index contributed by atoms with van der Waals surface area (Å²) in [5.41, 5.74) is 0.450. The summed E-state index contributed by atoms with van der Waals surface area (Å²) in [5, 5.41) is 3.38. The van der Waals surface area contributed by atoms with E-state index in [-0.39, 0.29) is 0 Å². The zero-order valence-electron chi connectivity index (χ0n) is 10.5. The summed E-state index contributed by atoms with van der Waals surface area (Å²) < 4.78 is 6.88. The molecule has 1 aliphatic rings. The highest BCUT2D eigenvalue weighted by molar-refractivity contribution is 9.10. The van der Waals surface area contributed by atoms with Gasteiger partial charge in [0.2, 0.25) is 0 Å². The Hall–Kier alpha value is -0.540. The van der Waals surface area contributed by atoms with E-state index in [2.05, 4.69) is 35.1 Å². The average Bonchev–Trinajstić information content (AvgIpc) is 2.21. The molecule has 0 spiro atoms. The molecule has 1 aromatic carbocycles. The third-order valence-electron chi connectivity index (χ3n) is 3.84. The molecule has 94 valence electrons. The molecule has 0 bridgehead atoms. The Morgan fingerprint density at radius 1 is 1.41 bits per heavy atom. The van der Waals surface area contributed by atoms with Crippen LogP contribution in [0.1, 0.15) is 20.3 Å². The Kier molecular flexibility index (Phi) is 4.10. The largest absolute Gasteiger partial charge is 0.494 e. The van der Waals surface area contributed by atoms with E-state index >= 15 is 0 Å². The molecule has 0 radical (unpaired) electrons. The van der Waals surface area contributed by atoms with E-state index in [9.17, 15) is 0 Å². The molecule has 3 heteroatoms. The number of rotatable bonds is 5. The van der Waals surface area contributed by atoms with Crippen LogP contribution in [0.3, 0.4) is 0 Å². The second kappa shape index (κ2) is 5.40. The molecule has 2 nitrogen and oxygen atoms in total. The fourth-order valence-corrected chi connectivity index (χ4v) is 2.63. The molecule has 1 aromatic rings. The molecule has 0 aromatic heterocycles. The van der Waals surface area contributed by atoms with Crippen LogP contribution >= 0.6 is 15.9 Å². The Bertz CT molecular complexity index is 374. The number of ether oxygens (including phenoxy) is 1. The minimum absolute atomic E-state index is 0.450. The van der Waals surface area contributed by atoms with E-state index in [0.717, 1.165) is 42.3 Å². The van der Waals surface area contributed by atoms with Crippen LogP contribution in [0.25, 0.3) is 0 Å². The highest BCUT2D eigenvalue weighted by atomic mass is 79.9. The molecular formula is C14H20BrNO. The molecule has 1 saturated heterocycles. The van der Waals surface area contributed by atoms with Crippen molar-refractivity contribution in [1.29, 1.82) is 0 Å². The molecule has 0 amide bonds. The van der Waals surface area contributed by atoms with Crippen LogP contribution in [-0.4, -0.2) is 19.7 Å². The van der Waals surface area contributed by atoms with Crippen molar-refractivity contribution in [2.75, 3.05) is 19.7 Å². The zero-order valence-corrected chi connectivity index (χ0v) is 12.1. The lowest BCUT2D eigenvalue weighted by Crippen LogP contribution is -2.57. The van der Waals surface area contributed by atoms with Crippen molar-refractivity contribution in [3.8, 4) is 5.75 Å². The van der Waals surface area contributed by atoms with E-state index in [1.807, 2.05) is 24.3 Å². The SMILES string of the molecule is CC(C)C1(CCOc2cccc(Br)c2)CNC1. The van der Waals surface area contributed by atoms with E-state index in [1.54, 1.807) is 0 Å². The lowest BCUT2D eigenvalue weighted by atomic mass is 9.70. The lowest BCUT2D eigenvalue weighted by Gasteiger charge is -2.46.